The Kier molecular flexibility index (Phi) is 3.39. The number of halogens is 1. The van der Waals surface area contributed by atoms with Gasteiger partial charge in [0.25, 0.3) is 5.91 Å². The third-order valence-corrected chi connectivity index (χ3v) is 3.53. The monoisotopic (exact) mass is 299 g/mol. The second-order valence-corrected chi connectivity index (χ2v) is 5.45. The zero-order valence-corrected chi connectivity index (χ0v) is 12.5. The summed E-state index contributed by atoms with van der Waals surface area (Å²) in [6.07, 6.45) is 3.60. The summed E-state index contributed by atoms with van der Waals surface area (Å²) in [7, 11) is 0. The van der Waals surface area contributed by atoms with E-state index in [4.69, 9.17) is 11.6 Å². The van der Waals surface area contributed by atoms with Gasteiger partial charge in [0.05, 0.1) is 0 Å². The number of pyridine rings is 1. The number of fused-ring (bicyclic) bond motifs is 1. The quantitative estimate of drug-likeness (QED) is 0.781. The van der Waals surface area contributed by atoms with Gasteiger partial charge in [-0.1, -0.05) is 17.7 Å². The van der Waals surface area contributed by atoms with Crippen LogP contribution in [-0.4, -0.2) is 15.3 Å². The first-order chi connectivity index (χ1) is 10.0. The zero-order chi connectivity index (χ0) is 15.0. The van der Waals surface area contributed by atoms with Crippen molar-refractivity contribution in [1.29, 1.82) is 0 Å². The van der Waals surface area contributed by atoms with E-state index in [-0.39, 0.29) is 5.91 Å². The molecule has 1 amide bonds. The molecule has 0 saturated carbocycles. The Balaban J connectivity index is 1.91. The molecule has 0 spiro atoms. The third-order valence-electron chi connectivity index (χ3n) is 3.30. The molecule has 0 aliphatic rings. The highest BCUT2D eigenvalue weighted by Gasteiger charge is 2.12. The van der Waals surface area contributed by atoms with Gasteiger partial charge in [-0.25, -0.2) is 4.98 Å². The minimum Gasteiger partial charge on any atom is -0.320 e. The van der Waals surface area contributed by atoms with E-state index in [2.05, 4.69) is 10.3 Å². The van der Waals surface area contributed by atoms with Crippen LogP contribution >= 0.6 is 11.6 Å². The van der Waals surface area contributed by atoms with Crippen molar-refractivity contribution in [2.45, 2.75) is 13.8 Å². The molecule has 2 aromatic heterocycles. The summed E-state index contributed by atoms with van der Waals surface area (Å²) in [5.74, 6) is -0.248. The van der Waals surface area contributed by atoms with Crippen molar-refractivity contribution in [2.75, 3.05) is 5.32 Å². The van der Waals surface area contributed by atoms with Crippen LogP contribution in [0.2, 0.25) is 5.02 Å². The Morgan fingerprint density at radius 1 is 1.24 bits per heavy atom. The van der Waals surface area contributed by atoms with Gasteiger partial charge in [-0.2, -0.15) is 0 Å². The zero-order valence-electron chi connectivity index (χ0n) is 11.7. The molecule has 1 N–H and O–H groups in total. The van der Waals surface area contributed by atoms with Gasteiger partial charge in [-0.15, -0.1) is 0 Å². The number of rotatable bonds is 2. The average molecular weight is 300 g/mol. The molecule has 5 heteroatoms. The van der Waals surface area contributed by atoms with Crippen LogP contribution in [0.4, 0.5) is 5.69 Å². The number of hydrogen-bond acceptors (Lipinski definition) is 2. The molecule has 0 bridgehead atoms. The maximum atomic E-state index is 12.3. The molecular weight excluding hydrogens is 286 g/mol. The molecule has 0 fully saturated rings. The van der Waals surface area contributed by atoms with Crippen molar-refractivity contribution < 1.29 is 4.79 Å². The average Bonchev–Trinajstić information content (AvgIpc) is 2.86. The van der Waals surface area contributed by atoms with Gasteiger partial charge < -0.3 is 9.72 Å². The Morgan fingerprint density at radius 3 is 2.86 bits per heavy atom. The van der Waals surface area contributed by atoms with Gasteiger partial charge in [0.1, 0.15) is 11.3 Å². The standard InChI is InChI=1S/C16H14ClN3O/c1-10-5-6-20-9-14(18-15(20)7-10)16(21)19-13-8-12(17)4-3-11(13)2/h3-9H,1-2H3,(H,19,21). The number of nitrogens with zero attached hydrogens (tertiary/aromatic N) is 2. The lowest BCUT2D eigenvalue weighted by atomic mass is 10.2. The Labute approximate surface area is 127 Å². The number of amides is 1. The Bertz CT molecular complexity index is 839. The number of carbonyl (C=O) groups excluding carboxylic acids is 1. The number of anilines is 1. The topological polar surface area (TPSA) is 46.4 Å². The fourth-order valence-corrected chi connectivity index (χ4v) is 2.28. The number of aromatic nitrogens is 2. The van der Waals surface area contributed by atoms with Crippen molar-refractivity contribution in [2.24, 2.45) is 0 Å². The molecular formula is C16H14ClN3O. The number of nitrogens with one attached hydrogen (secondary N) is 1. The van der Waals surface area contributed by atoms with Crippen LogP contribution in [0.15, 0.2) is 42.7 Å². The fraction of sp³-hybridized carbons (Fsp3) is 0.125. The molecule has 0 unspecified atom stereocenters. The van der Waals surface area contributed by atoms with Crippen molar-refractivity contribution in [3.05, 3.63) is 64.6 Å². The highest BCUT2D eigenvalue weighted by Crippen LogP contribution is 2.21. The van der Waals surface area contributed by atoms with Crippen LogP contribution in [0.3, 0.4) is 0 Å². The second-order valence-electron chi connectivity index (χ2n) is 5.01. The van der Waals surface area contributed by atoms with E-state index in [0.29, 0.717) is 16.4 Å². The SMILES string of the molecule is Cc1ccn2cc(C(=O)Nc3cc(Cl)ccc3C)nc2c1. The highest BCUT2D eigenvalue weighted by atomic mass is 35.5. The van der Waals surface area contributed by atoms with Crippen molar-refractivity contribution >= 4 is 28.8 Å². The number of aryl methyl sites for hydroxylation is 2. The van der Waals surface area contributed by atoms with Crippen LogP contribution in [0, 0.1) is 13.8 Å². The molecule has 1 aromatic carbocycles. The Hall–Kier alpha value is -2.33. The normalized spacial score (nSPS) is 10.8. The smallest absolute Gasteiger partial charge is 0.275 e. The number of benzene rings is 1. The van der Waals surface area contributed by atoms with E-state index >= 15 is 0 Å². The van der Waals surface area contributed by atoms with E-state index < -0.39 is 0 Å². The largest absolute Gasteiger partial charge is 0.320 e. The predicted octanol–water partition coefficient (Wildman–Crippen LogP) is 3.86. The third kappa shape index (κ3) is 2.76. The summed E-state index contributed by atoms with van der Waals surface area (Å²) in [4.78, 5) is 16.6. The molecule has 2 heterocycles. The minimum absolute atomic E-state index is 0.248. The van der Waals surface area contributed by atoms with E-state index in [1.54, 1.807) is 18.3 Å². The molecule has 0 saturated heterocycles. The van der Waals surface area contributed by atoms with Crippen LogP contribution in [-0.2, 0) is 0 Å². The van der Waals surface area contributed by atoms with Crippen LogP contribution in [0.25, 0.3) is 5.65 Å². The summed E-state index contributed by atoms with van der Waals surface area (Å²) < 4.78 is 1.83. The van der Waals surface area contributed by atoms with Gasteiger partial charge in [-0.05, 0) is 49.2 Å². The van der Waals surface area contributed by atoms with Gasteiger partial charge in [0.15, 0.2) is 0 Å². The molecule has 0 atom stereocenters. The summed E-state index contributed by atoms with van der Waals surface area (Å²) in [5, 5.41) is 3.43. The summed E-state index contributed by atoms with van der Waals surface area (Å²) >= 11 is 5.96. The fourth-order valence-electron chi connectivity index (χ4n) is 2.11. The summed E-state index contributed by atoms with van der Waals surface area (Å²) in [6, 6.07) is 9.29. The van der Waals surface area contributed by atoms with Gasteiger partial charge in [0, 0.05) is 23.1 Å². The predicted molar refractivity (Wildman–Crippen MR) is 84.1 cm³/mol. The van der Waals surface area contributed by atoms with Crippen LogP contribution in [0.5, 0.6) is 0 Å². The maximum absolute atomic E-state index is 12.3. The molecule has 3 rings (SSSR count). The number of imidazole rings is 1. The first kappa shape index (κ1) is 13.6. The lowest BCUT2D eigenvalue weighted by Gasteiger charge is -2.07. The lowest BCUT2D eigenvalue weighted by Crippen LogP contribution is -2.13. The molecule has 0 aliphatic heterocycles. The minimum atomic E-state index is -0.248. The first-order valence-electron chi connectivity index (χ1n) is 6.56. The van der Waals surface area contributed by atoms with Gasteiger partial charge in [-0.3, -0.25) is 4.79 Å². The van der Waals surface area contributed by atoms with E-state index in [0.717, 1.165) is 16.8 Å². The van der Waals surface area contributed by atoms with Gasteiger partial charge >= 0.3 is 0 Å². The number of carbonyl (C=O) groups is 1. The summed E-state index contributed by atoms with van der Waals surface area (Å²) in [5.41, 5.74) is 3.88. The van der Waals surface area contributed by atoms with Crippen molar-refractivity contribution in [1.82, 2.24) is 9.38 Å². The maximum Gasteiger partial charge on any atom is 0.275 e. The molecule has 3 aromatic rings. The summed E-state index contributed by atoms with van der Waals surface area (Å²) in [6.45, 7) is 3.91. The first-order valence-corrected chi connectivity index (χ1v) is 6.93. The van der Waals surface area contributed by atoms with Gasteiger partial charge in [0.2, 0.25) is 0 Å². The molecule has 21 heavy (non-hydrogen) atoms. The second kappa shape index (κ2) is 5.22. The molecule has 106 valence electrons. The van der Waals surface area contributed by atoms with Crippen LogP contribution < -0.4 is 5.32 Å². The highest BCUT2D eigenvalue weighted by molar-refractivity contribution is 6.31. The molecule has 0 aliphatic carbocycles. The van der Waals surface area contributed by atoms with E-state index in [1.165, 1.54) is 0 Å². The molecule has 4 nitrogen and oxygen atoms in total. The lowest BCUT2D eigenvalue weighted by molar-refractivity contribution is 0.102. The Morgan fingerprint density at radius 2 is 2.05 bits per heavy atom. The van der Waals surface area contributed by atoms with Crippen LogP contribution in [0.1, 0.15) is 21.6 Å². The molecule has 0 radical (unpaired) electrons. The number of hydrogen-bond donors (Lipinski definition) is 1. The van der Waals surface area contributed by atoms with E-state index in [9.17, 15) is 4.79 Å². The van der Waals surface area contributed by atoms with Crippen molar-refractivity contribution in [3.8, 4) is 0 Å². The van der Waals surface area contributed by atoms with E-state index in [1.807, 2.05) is 42.6 Å². The van der Waals surface area contributed by atoms with Crippen molar-refractivity contribution in [3.63, 3.8) is 0 Å².